The van der Waals surface area contributed by atoms with Crippen LogP contribution in [0.1, 0.15) is 35.7 Å². The van der Waals surface area contributed by atoms with Crippen molar-refractivity contribution in [2.75, 3.05) is 18.0 Å². The van der Waals surface area contributed by atoms with Crippen molar-refractivity contribution in [2.24, 2.45) is 5.73 Å². The average molecular weight is 246 g/mol. The maximum absolute atomic E-state index is 11.9. The molecule has 0 bridgehead atoms. The van der Waals surface area contributed by atoms with E-state index in [0.29, 0.717) is 25.1 Å². The van der Waals surface area contributed by atoms with Crippen molar-refractivity contribution in [3.8, 4) is 0 Å². The first kappa shape index (κ1) is 12.8. The molecule has 96 valence electrons. The molecule has 0 radical (unpaired) electrons. The zero-order valence-electron chi connectivity index (χ0n) is 10.6. The molecule has 1 aliphatic rings. The topological polar surface area (TPSA) is 63.4 Å². The Morgan fingerprint density at radius 1 is 1.39 bits per heavy atom. The van der Waals surface area contributed by atoms with Crippen LogP contribution in [0, 0.1) is 0 Å². The van der Waals surface area contributed by atoms with Gasteiger partial charge in [-0.1, -0.05) is 0 Å². The van der Waals surface area contributed by atoms with Gasteiger partial charge in [0, 0.05) is 17.8 Å². The number of ketones is 1. The van der Waals surface area contributed by atoms with Gasteiger partial charge in [-0.15, -0.1) is 0 Å². The number of carbonyl (C=O) groups excluding carboxylic acids is 2. The van der Waals surface area contributed by atoms with E-state index < -0.39 is 0 Å². The number of anilines is 1. The Hall–Kier alpha value is -1.68. The zero-order valence-corrected chi connectivity index (χ0v) is 10.6. The van der Waals surface area contributed by atoms with Crippen LogP contribution in [0.2, 0.25) is 0 Å². The van der Waals surface area contributed by atoms with E-state index in [9.17, 15) is 9.59 Å². The van der Waals surface area contributed by atoms with E-state index in [1.165, 1.54) is 6.92 Å². The summed E-state index contributed by atoms with van der Waals surface area (Å²) < 4.78 is 0. The van der Waals surface area contributed by atoms with Gasteiger partial charge in [-0.25, -0.2) is 0 Å². The SMILES string of the molecule is CC(=O)c1ccc2c(c1)CC(=O)N2CCCCN. The lowest BCUT2D eigenvalue weighted by atomic mass is 10.1. The molecule has 0 fully saturated rings. The summed E-state index contributed by atoms with van der Waals surface area (Å²) in [6.07, 6.45) is 2.24. The lowest BCUT2D eigenvalue weighted by Crippen LogP contribution is -2.28. The van der Waals surface area contributed by atoms with Gasteiger partial charge in [0.15, 0.2) is 5.78 Å². The number of rotatable bonds is 5. The molecule has 0 aromatic heterocycles. The minimum atomic E-state index is 0.0341. The lowest BCUT2D eigenvalue weighted by Gasteiger charge is -2.17. The van der Waals surface area contributed by atoms with Gasteiger partial charge in [0.25, 0.3) is 0 Å². The number of benzene rings is 1. The minimum absolute atomic E-state index is 0.0341. The Labute approximate surface area is 107 Å². The lowest BCUT2D eigenvalue weighted by molar-refractivity contribution is -0.117. The molecule has 0 atom stereocenters. The maximum atomic E-state index is 11.9. The second-order valence-electron chi connectivity index (χ2n) is 4.62. The highest BCUT2D eigenvalue weighted by atomic mass is 16.2. The smallest absolute Gasteiger partial charge is 0.231 e. The molecule has 0 saturated heterocycles. The second kappa shape index (κ2) is 5.31. The molecule has 4 heteroatoms. The van der Waals surface area contributed by atoms with Gasteiger partial charge < -0.3 is 10.6 Å². The molecule has 1 aromatic rings. The number of fused-ring (bicyclic) bond motifs is 1. The summed E-state index contributed by atoms with van der Waals surface area (Å²) in [7, 11) is 0. The molecule has 0 aliphatic carbocycles. The number of nitrogens with zero attached hydrogens (tertiary/aromatic N) is 1. The normalized spacial score (nSPS) is 13.9. The third-order valence-corrected chi connectivity index (χ3v) is 3.26. The molecule has 0 saturated carbocycles. The van der Waals surface area contributed by atoms with Crippen LogP contribution in [0.3, 0.4) is 0 Å². The first-order chi connectivity index (χ1) is 8.63. The van der Waals surface area contributed by atoms with Gasteiger partial charge in [0.05, 0.1) is 6.42 Å². The van der Waals surface area contributed by atoms with E-state index in [-0.39, 0.29) is 11.7 Å². The van der Waals surface area contributed by atoms with E-state index in [1.807, 2.05) is 12.1 Å². The van der Waals surface area contributed by atoms with Gasteiger partial charge in [-0.05, 0) is 50.1 Å². The molecule has 0 unspecified atom stereocenters. The fourth-order valence-corrected chi connectivity index (χ4v) is 2.26. The van der Waals surface area contributed by atoms with Gasteiger partial charge >= 0.3 is 0 Å². The van der Waals surface area contributed by atoms with Crippen molar-refractivity contribution in [1.82, 2.24) is 0 Å². The van der Waals surface area contributed by atoms with E-state index in [1.54, 1.807) is 11.0 Å². The molecule has 1 amide bonds. The molecule has 2 rings (SSSR count). The molecule has 2 N–H and O–H groups in total. The van der Waals surface area contributed by atoms with Crippen molar-refractivity contribution in [3.05, 3.63) is 29.3 Å². The maximum Gasteiger partial charge on any atom is 0.231 e. The Bertz CT molecular complexity index is 483. The number of Topliss-reactive ketones (excluding diaryl/α,β-unsaturated/α-hetero) is 1. The zero-order chi connectivity index (χ0) is 13.1. The minimum Gasteiger partial charge on any atom is -0.330 e. The number of amides is 1. The predicted molar refractivity (Wildman–Crippen MR) is 70.8 cm³/mol. The molecule has 0 spiro atoms. The summed E-state index contributed by atoms with van der Waals surface area (Å²) in [6.45, 7) is 2.90. The fraction of sp³-hybridized carbons (Fsp3) is 0.429. The van der Waals surface area contributed by atoms with Crippen molar-refractivity contribution >= 4 is 17.4 Å². The number of carbonyl (C=O) groups is 2. The highest BCUT2D eigenvalue weighted by molar-refractivity contribution is 6.03. The van der Waals surface area contributed by atoms with Crippen LogP contribution in [-0.2, 0) is 11.2 Å². The van der Waals surface area contributed by atoms with Crippen molar-refractivity contribution in [3.63, 3.8) is 0 Å². The van der Waals surface area contributed by atoms with Gasteiger partial charge in [0.1, 0.15) is 0 Å². The summed E-state index contributed by atoms with van der Waals surface area (Å²) in [5.41, 5.74) is 8.03. The first-order valence-electron chi connectivity index (χ1n) is 6.28. The Balaban J connectivity index is 2.18. The predicted octanol–water partition coefficient (Wildman–Crippen LogP) is 1.52. The molecular formula is C14H18N2O2. The van der Waals surface area contributed by atoms with Gasteiger partial charge in [-0.3, -0.25) is 9.59 Å². The molecular weight excluding hydrogens is 228 g/mol. The summed E-state index contributed by atoms with van der Waals surface area (Å²) in [6, 6.07) is 5.49. The van der Waals surface area contributed by atoms with E-state index >= 15 is 0 Å². The Morgan fingerprint density at radius 2 is 2.17 bits per heavy atom. The molecule has 4 nitrogen and oxygen atoms in total. The van der Waals surface area contributed by atoms with Crippen LogP contribution >= 0.6 is 0 Å². The van der Waals surface area contributed by atoms with Crippen molar-refractivity contribution < 1.29 is 9.59 Å². The fourth-order valence-electron chi connectivity index (χ4n) is 2.26. The standard InChI is InChI=1S/C14H18N2O2/c1-10(17)11-4-5-13-12(8-11)9-14(18)16(13)7-3-2-6-15/h4-5,8H,2-3,6-7,9,15H2,1H3. The summed E-state index contributed by atoms with van der Waals surface area (Å²) in [5.74, 6) is 0.148. The van der Waals surface area contributed by atoms with Gasteiger partial charge in [-0.2, -0.15) is 0 Å². The first-order valence-corrected chi connectivity index (χ1v) is 6.28. The van der Waals surface area contributed by atoms with Crippen LogP contribution in [0.4, 0.5) is 5.69 Å². The Morgan fingerprint density at radius 3 is 2.83 bits per heavy atom. The molecule has 18 heavy (non-hydrogen) atoms. The van der Waals surface area contributed by atoms with Crippen LogP contribution < -0.4 is 10.6 Å². The molecule has 1 aliphatic heterocycles. The highest BCUT2D eigenvalue weighted by Gasteiger charge is 2.26. The van der Waals surface area contributed by atoms with Crippen LogP contribution in [0.15, 0.2) is 18.2 Å². The third kappa shape index (κ3) is 2.43. The van der Waals surface area contributed by atoms with Crippen LogP contribution in [0.5, 0.6) is 0 Å². The average Bonchev–Trinajstić information content (AvgIpc) is 2.65. The number of nitrogens with two attached hydrogens (primary N) is 1. The molecule has 1 heterocycles. The number of hydrogen-bond acceptors (Lipinski definition) is 3. The summed E-state index contributed by atoms with van der Waals surface area (Å²) >= 11 is 0. The van der Waals surface area contributed by atoms with Gasteiger partial charge in [0.2, 0.25) is 5.91 Å². The van der Waals surface area contributed by atoms with Crippen LogP contribution in [-0.4, -0.2) is 24.8 Å². The highest BCUT2D eigenvalue weighted by Crippen LogP contribution is 2.30. The number of hydrogen-bond donors (Lipinski definition) is 1. The van der Waals surface area contributed by atoms with E-state index in [2.05, 4.69) is 0 Å². The Kier molecular flexibility index (Phi) is 3.77. The van der Waals surface area contributed by atoms with Crippen molar-refractivity contribution in [1.29, 1.82) is 0 Å². The quantitative estimate of drug-likeness (QED) is 0.633. The van der Waals surface area contributed by atoms with Crippen LogP contribution in [0.25, 0.3) is 0 Å². The summed E-state index contributed by atoms with van der Waals surface area (Å²) in [5, 5.41) is 0. The second-order valence-corrected chi connectivity index (χ2v) is 4.62. The molecule has 1 aromatic carbocycles. The van der Waals surface area contributed by atoms with E-state index in [0.717, 1.165) is 24.1 Å². The summed E-state index contributed by atoms with van der Waals surface area (Å²) in [4.78, 5) is 25.0. The number of unbranched alkanes of at least 4 members (excludes halogenated alkanes) is 1. The monoisotopic (exact) mass is 246 g/mol. The third-order valence-electron chi connectivity index (χ3n) is 3.26. The largest absolute Gasteiger partial charge is 0.330 e. The van der Waals surface area contributed by atoms with Crippen molar-refractivity contribution in [2.45, 2.75) is 26.2 Å². The van der Waals surface area contributed by atoms with E-state index in [4.69, 9.17) is 5.73 Å².